The van der Waals surface area contributed by atoms with E-state index in [4.69, 9.17) is 4.74 Å². The smallest absolute Gasteiger partial charge is 0.138 e. The Labute approximate surface area is 124 Å². The number of unbranched alkanes of at least 4 members (excludes halogenated alkanes) is 1. The molecule has 0 aliphatic heterocycles. The highest BCUT2D eigenvalue weighted by molar-refractivity contribution is 7.18. The van der Waals surface area contributed by atoms with Crippen molar-refractivity contribution in [3.05, 3.63) is 16.8 Å². The van der Waals surface area contributed by atoms with E-state index in [1.165, 1.54) is 15.8 Å². The zero-order valence-electron chi connectivity index (χ0n) is 12.7. The maximum Gasteiger partial charge on any atom is 0.138 e. The van der Waals surface area contributed by atoms with Crippen LogP contribution < -0.4 is 5.32 Å². The highest BCUT2D eigenvalue weighted by Crippen LogP contribution is 2.32. The molecular formula is C15H23N3OS. The highest BCUT2D eigenvalue weighted by Gasteiger charge is 2.11. The Balaban J connectivity index is 1.90. The van der Waals surface area contributed by atoms with Crippen LogP contribution in [0.4, 0.5) is 5.82 Å². The van der Waals surface area contributed by atoms with E-state index in [2.05, 4.69) is 43.0 Å². The summed E-state index contributed by atoms with van der Waals surface area (Å²) in [4.78, 5) is 11.1. The van der Waals surface area contributed by atoms with Crippen molar-refractivity contribution >= 4 is 27.4 Å². The molecule has 4 nitrogen and oxygen atoms in total. The van der Waals surface area contributed by atoms with E-state index < -0.39 is 0 Å². The molecule has 0 saturated carbocycles. The van der Waals surface area contributed by atoms with Gasteiger partial charge in [-0.05, 0) is 46.1 Å². The van der Waals surface area contributed by atoms with E-state index in [1.54, 1.807) is 17.7 Å². The van der Waals surface area contributed by atoms with Crippen molar-refractivity contribution in [2.24, 2.45) is 0 Å². The molecule has 2 heterocycles. The quantitative estimate of drug-likeness (QED) is 0.786. The minimum absolute atomic E-state index is 0.320. The molecule has 0 saturated heterocycles. The average Bonchev–Trinajstić information content (AvgIpc) is 2.70. The molecule has 0 atom stereocenters. The van der Waals surface area contributed by atoms with Gasteiger partial charge in [0.1, 0.15) is 17.0 Å². The van der Waals surface area contributed by atoms with Gasteiger partial charge in [0.05, 0.1) is 11.5 Å². The molecule has 0 fully saturated rings. The number of fused-ring (bicyclic) bond motifs is 1. The van der Waals surface area contributed by atoms with Gasteiger partial charge in [-0.25, -0.2) is 9.97 Å². The minimum atomic E-state index is 0.320. The molecule has 0 radical (unpaired) electrons. The topological polar surface area (TPSA) is 47.0 Å². The van der Waals surface area contributed by atoms with Crippen LogP contribution in [-0.4, -0.2) is 29.2 Å². The summed E-state index contributed by atoms with van der Waals surface area (Å²) < 4.78 is 5.54. The number of thiophene rings is 1. The summed E-state index contributed by atoms with van der Waals surface area (Å²) in [6.45, 7) is 10.2. The third-order valence-corrected chi connectivity index (χ3v) is 4.40. The molecule has 0 aromatic carbocycles. The van der Waals surface area contributed by atoms with Crippen molar-refractivity contribution in [2.45, 2.75) is 46.6 Å². The number of anilines is 1. The van der Waals surface area contributed by atoms with E-state index in [-0.39, 0.29) is 0 Å². The van der Waals surface area contributed by atoms with Crippen LogP contribution in [-0.2, 0) is 4.74 Å². The fourth-order valence-corrected chi connectivity index (χ4v) is 3.07. The summed E-state index contributed by atoms with van der Waals surface area (Å²) in [5.41, 5.74) is 1.29. The molecule has 110 valence electrons. The van der Waals surface area contributed by atoms with Crippen molar-refractivity contribution < 1.29 is 4.74 Å². The van der Waals surface area contributed by atoms with E-state index in [1.807, 2.05) is 0 Å². The third kappa shape index (κ3) is 3.67. The monoisotopic (exact) mass is 293 g/mol. The number of nitrogens with zero attached hydrogens (tertiary/aromatic N) is 2. The number of rotatable bonds is 7. The fourth-order valence-electron chi connectivity index (χ4n) is 2.07. The van der Waals surface area contributed by atoms with Crippen LogP contribution in [0, 0.1) is 13.8 Å². The van der Waals surface area contributed by atoms with Gasteiger partial charge in [-0.2, -0.15) is 0 Å². The number of aromatic nitrogens is 2. The lowest BCUT2D eigenvalue weighted by atomic mass is 10.2. The summed E-state index contributed by atoms with van der Waals surface area (Å²) in [5, 5.41) is 4.60. The second kappa shape index (κ2) is 6.99. The first-order chi connectivity index (χ1) is 9.59. The zero-order chi connectivity index (χ0) is 14.5. The summed E-state index contributed by atoms with van der Waals surface area (Å²) in [5.74, 6) is 0.960. The molecule has 0 bridgehead atoms. The van der Waals surface area contributed by atoms with Gasteiger partial charge in [0, 0.05) is 18.0 Å². The predicted octanol–water partition coefficient (Wildman–Crippen LogP) is 3.93. The standard InChI is InChI=1S/C15H23N3OS/c1-10(2)19-8-6-5-7-16-14-13-11(3)12(4)20-15(13)18-9-17-14/h9-10H,5-8H2,1-4H3,(H,16,17,18). The second-order valence-corrected chi connectivity index (χ2v) is 6.44. The molecule has 2 rings (SSSR count). The zero-order valence-corrected chi connectivity index (χ0v) is 13.5. The Bertz CT molecular complexity index is 565. The number of nitrogens with one attached hydrogen (secondary N) is 1. The molecule has 20 heavy (non-hydrogen) atoms. The van der Waals surface area contributed by atoms with Crippen molar-refractivity contribution in [1.29, 1.82) is 0 Å². The molecule has 0 aliphatic carbocycles. The van der Waals surface area contributed by atoms with Gasteiger partial charge in [-0.3, -0.25) is 0 Å². The first-order valence-corrected chi connectivity index (χ1v) is 7.97. The van der Waals surface area contributed by atoms with Crippen molar-refractivity contribution in [3.63, 3.8) is 0 Å². The molecule has 0 unspecified atom stereocenters. The molecule has 1 N–H and O–H groups in total. The van der Waals surface area contributed by atoms with Gasteiger partial charge in [0.25, 0.3) is 0 Å². The normalized spacial score (nSPS) is 11.4. The van der Waals surface area contributed by atoms with Crippen LogP contribution in [0.25, 0.3) is 10.2 Å². The van der Waals surface area contributed by atoms with Gasteiger partial charge < -0.3 is 10.1 Å². The van der Waals surface area contributed by atoms with Crippen molar-refractivity contribution in [3.8, 4) is 0 Å². The van der Waals surface area contributed by atoms with Gasteiger partial charge in [-0.1, -0.05) is 0 Å². The summed E-state index contributed by atoms with van der Waals surface area (Å²) in [6.07, 6.45) is 4.12. The molecule has 5 heteroatoms. The minimum Gasteiger partial charge on any atom is -0.379 e. The van der Waals surface area contributed by atoms with E-state index >= 15 is 0 Å². The maximum absolute atomic E-state index is 5.54. The lowest BCUT2D eigenvalue weighted by Crippen LogP contribution is -2.08. The Morgan fingerprint density at radius 3 is 2.80 bits per heavy atom. The Hall–Kier alpha value is -1.20. The van der Waals surface area contributed by atoms with Gasteiger partial charge in [0.2, 0.25) is 0 Å². The lowest BCUT2D eigenvalue weighted by Gasteiger charge is -2.09. The summed E-state index contributed by atoms with van der Waals surface area (Å²) >= 11 is 1.73. The summed E-state index contributed by atoms with van der Waals surface area (Å²) in [7, 11) is 0. The molecule has 0 amide bonds. The van der Waals surface area contributed by atoms with E-state index in [0.717, 1.165) is 36.6 Å². The van der Waals surface area contributed by atoms with Gasteiger partial charge in [0.15, 0.2) is 0 Å². The maximum atomic E-state index is 5.54. The van der Waals surface area contributed by atoms with Gasteiger partial charge in [-0.15, -0.1) is 11.3 Å². The fraction of sp³-hybridized carbons (Fsp3) is 0.600. The van der Waals surface area contributed by atoms with Crippen LogP contribution in [0.15, 0.2) is 6.33 Å². The average molecular weight is 293 g/mol. The lowest BCUT2D eigenvalue weighted by molar-refractivity contribution is 0.0765. The van der Waals surface area contributed by atoms with Crippen LogP contribution in [0.5, 0.6) is 0 Å². The summed E-state index contributed by atoms with van der Waals surface area (Å²) in [6, 6.07) is 0. The molecule has 0 aliphatic rings. The number of hydrogen-bond donors (Lipinski definition) is 1. The molecule has 2 aromatic rings. The van der Waals surface area contributed by atoms with Gasteiger partial charge >= 0.3 is 0 Å². The van der Waals surface area contributed by atoms with Crippen LogP contribution in [0.3, 0.4) is 0 Å². The second-order valence-electron chi connectivity index (χ2n) is 5.24. The van der Waals surface area contributed by atoms with Crippen LogP contribution in [0.2, 0.25) is 0 Å². The number of ether oxygens (including phenoxy) is 1. The largest absolute Gasteiger partial charge is 0.379 e. The Morgan fingerprint density at radius 1 is 1.25 bits per heavy atom. The Morgan fingerprint density at radius 2 is 2.05 bits per heavy atom. The third-order valence-electron chi connectivity index (χ3n) is 3.28. The first kappa shape index (κ1) is 15.2. The molecular weight excluding hydrogens is 270 g/mol. The van der Waals surface area contributed by atoms with E-state index in [9.17, 15) is 0 Å². The van der Waals surface area contributed by atoms with Crippen LogP contribution in [0.1, 0.15) is 37.1 Å². The number of hydrogen-bond acceptors (Lipinski definition) is 5. The first-order valence-electron chi connectivity index (χ1n) is 7.15. The predicted molar refractivity (Wildman–Crippen MR) is 85.7 cm³/mol. The van der Waals surface area contributed by atoms with Crippen molar-refractivity contribution in [1.82, 2.24) is 9.97 Å². The Kier molecular flexibility index (Phi) is 5.31. The SMILES string of the molecule is Cc1sc2ncnc(NCCCCOC(C)C)c2c1C. The van der Waals surface area contributed by atoms with E-state index in [0.29, 0.717) is 6.10 Å². The van der Waals surface area contributed by atoms with Crippen LogP contribution >= 0.6 is 11.3 Å². The molecule has 0 spiro atoms. The highest BCUT2D eigenvalue weighted by atomic mass is 32.1. The van der Waals surface area contributed by atoms with Crippen molar-refractivity contribution in [2.75, 3.05) is 18.5 Å². The number of aryl methyl sites for hydroxylation is 2. The molecule has 2 aromatic heterocycles.